The number of aromatic nitrogens is 4. The van der Waals surface area contributed by atoms with Gasteiger partial charge in [0.05, 0.1) is 4.92 Å². The zero-order valence-electron chi connectivity index (χ0n) is 13.0. The third kappa shape index (κ3) is 3.58. The van der Waals surface area contributed by atoms with E-state index in [0.29, 0.717) is 11.4 Å². The molecule has 0 atom stereocenters. The second-order valence-electron chi connectivity index (χ2n) is 4.92. The van der Waals surface area contributed by atoms with E-state index in [4.69, 9.17) is 4.74 Å². The highest BCUT2D eigenvalue weighted by molar-refractivity contribution is 6.05. The number of aryl methyl sites for hydroxylation is 1. The fourth-order valence-electron chi connectivity index (χ4n) is 2.08. The van der Waals surface area contributed by atoms with Gasteiger partial charge in [-0.1, -0.05) is 6.07 Å². The Balaban J connectivity index is 1.78. The summed E-state index contributed by atoms with van der Waals surface area (Å²) >= 11 is 0. The first-order valence-corrected chi connectivity index (χ1v) is 7.10. The molecule has 0 bridgehead atoms. The van der Waals surface area contributed by atoms with Crippen LogP contribution in [0.2, 0.25) is 0 Å². The minimum atomic E-state index is -0.704. The fourth-order valence-corrected chi connectivity index (χ4v) is 2.08. The summed E-state index contributed by atoms with van der Waals surface area (Å²) in [6.45, 7) is 1.47. The van der Waals surface area contributed by atoms with Gasteiger partial charge >= 0.3 is 11.7 Å². The number of benzene rings is 1. The molecule has 0 aliphatic carbocycles. The van der Waals surface area contributed by atoms with Gasteiger partial charge in [-0.15, -0.1) is 0 Å². The van der Waals surface area contributed by atoms with Crippen LogP contribution in [-0.4, -0.2) is 31.0 Å². The Morgan fingerprint density at radius 2 is 2.04 bits per heavy atom. The van der Waals surface area contributed by atoms with Crippen molar-refractivity contribution in [2.45, 2.75) is 6.92 Å². The van der Waals surface area contributed by atoms with E-state index in [1.165, 1.54) is 19.3 Å². The predicted octanol–water partition coefficient (Wildman–Crippen LogP) is 2.46. The van der Waals surface area contributed by atoms with Crippen molar-refractivity contribution < 1.29 is 14.5 Å². The highest BCUT2D eigenvalue weighted by Crippen LogP contribution is 2.24. The number of carbonyl (C=O) groups is 1. The smallest absolute Gasteiger partial charge is 0.322 e. The number of rotatable bonds is 5. The van der Waals surface area contributed by atoms with Crippen LogP contribution >= 0.6 is 0 Å². The lowest BCUT2D eigenvalue weighted by Crippen LogP contribution is -2.14. The molecule has 2 aromatic heterocycles. The third-order valence-electron chi connectivity index (χ3n) is 3.16. The van der Waals surface area contributed by atoms with Crippen LogP contribution in [0.1, 0.15) is 16.2 Å². The van der Waals surface area contributed by atoms with Gasteiger partial charge in [0.1, 0.15) is 11.4 Å². The Hall–Kier alpha value is -3.82. The molecule has 0 fully saturated rings. The average Bonchev–Trinajstić information content (AvgIpc) is 2.98. The Labute approximate surface area is 141 Å². The largest absolute Gasteiger partial charge is 0.424 e. The molecule has 0 aliphatic heterocycles. The molecule has 126 valence electrons. The first-order chi connectivity index (χ1) is 12.0. The maximum atomic E-state index is 12.3. The fraction of sp³-hybridized carbons (Fsp3) is 0.0667. The zero-order chi connectivity index (χ0) is 17.8. The van der Waals surface area contributed by atoms with E-state index in [2.05, 4.69) is 25.5 Å². The molecule has 0 saturated heterocycles. The number of ether oxygens (including phenoxy) is 1. The Morgan fingerprint density at radius 3 is 2.76 bits per heavy atom. The zero-order valence-corrected chi connectivity index (χ0v) is 13.0. The summed E-state index contributed by atoms with van der Waals surface area (Å²) in [6, 6.07) is 8.28. The highest BCUT2D eigenvalue weighted by Gasteiger charge is 2.27. The SMILES string of the molecule is Cc1[nH]nc(C(=O)Nc2cccc(Oc3ncccn3)c2)c1[N+](=O)[O-]. The normalized spacial score (nSPS) is 10.3. The van der Waals surface area contributed by atoms with Crippen LogP contribution in [0, 0.1) is 17.0 Å². The first kappa shape index (κ1) is 16.1. The molecule has 0 unspecified atom stereocenters. The van der Waals surface area contributed by atoms with E-state index >= 15 is 0 Å². The van der Waals surface area contributed by atoms with Gasteiger partial charge in [-0.25, -0.2) is 9.97 Å². The average molecular weight is 340 g/mol. The molecule has 2 N–H and O–H groups in total. The van der Waals surface area contributed by atoms with Gasteiger partial charge in [0.2, 0.25) is 5.69 Å². The lowest BCUT2D eigenvalue weighted by molar-refractivity contribution is -0.385. The standard InChI is InChI=1S/C15H12N6O4/c1-9-13(21(23)24)12(20-19-9)14(22)18-10-4-2-5-11(8-10)25-15-16-6-3-7-17-15/h2-8H,1H3,(H,18,22)(H,19,20). The molecule has 1 aromatic carbocycles. The molecule has 0 spiro atoms. The van der Waals surface area contributed by atoms with Crippen LogP contribution < -0.4 is 10.1 Å². The molecule has 0 aliphatic rings. The minimum absolute atomic E-state index is 0.157. The Kier molecular flexibility index (Phi) is 4.33. The molecule has 0 radical (unpaired) electrons. The topological polar surface area (TPSA) is 136 Å². The van der Waals surface area contributed by atoms with Crippen molar-refractivity contribution in [2.24, 2.45) is 0 Å². The number of nitrogens with zero attached hydrogens (tertiary/aromatic N) is 4. The molecule has 10 nitrogen and oxygen atoms in total. The number of nitro groups is 1. The van der Waals surface area contributed by atoms with Crippen molar-refractivity contribution in [3.63, 3.8) is 0 Å². The number of H-pyrrole nitrogens is 1. The van der Waals surface area contributed by atoms with E-state index in [1.807, 2.05) is 0 Å². The molecular weight excluding hydrogens is 328 g/mol. The van der Waals surface area contributed by atoms with Crippen LogP contribution in [0.4, 0.5) is 11.4 Å². The van der Waals surface area contributed by atoms with Gasteiger partial charge in [-0.2, -0.15) is 5.10 Å². The molecule has 10 heteroatoms. The summed E-state index contributed by atoms with van der Waals surface area (Å²) in [5.74, 6) is -0.305. The van der Waals surface area contributed by atoms with Crippen molar-refractivity contribution in [2.75, 3.05) is 5.32 Å². The molecule has 3 aromatic rings. The number of carbonyl (C=O) groups excluding carboxylic acids is 1. The van der Waals surface area contributed by atoms with E-state index in [1.54, 1.807) is 30.3 Å². The molecular formula is C15H12N6O4. The Morgan fingerprint density at radius 1 is 1.28 bits per heavy atom. The van der Waals surface area contributed by atoms with Crippen molar-refractivity contribution in [3.05, 3.63) is 64.2 Å². The van der Waals surface area contributed by atoms with Crippen LogP contribution in [0.15, 0.2) is 42.7 Å². The van der Waals surface area contributed by atoms with E-state index in [0.717, 1.165) is 0 Å². The van der Waals surface area contributed by atoms with Crippen molar-refractivity contribution in [1.29, 1.82) is 0 Å². The molecule has 25 heavy (non-hydrogen) atoms. The number of nitrogens with one attached hydrogen (secondary N) is 2. The summed E-state index contributed by atoms with van der Waals surface area (Å²) in [4.78, 5) is 30.5. The Bertz CT molecular complexity index is 925. The maximum absolute atomic E-state index is 12.3. The summed E-state index contributed by atoms with van der Waals surface area (Å²) in [6.07, 6.45) is 3.07. The van der Waals surface area contributed by atoms with E-state index in [9.17, 15) is 14.9 Å². The van der Waals surface area contributed by atoms with Gasteiger partial charge in [0.25, 0.3) is 5.91 Å². The minimum Gasteiger partial charge on any atom is -0.424 e. The predicted molar refractivity (Wildman–Crippen MR) is 86.5 cm³/mol. The third-order valence-corrected chi connectivity index (χ3v) is 3.16. The number of anilines is 1. The molecule has 3 rings (SSSR count). The van der Waals surface area contributed by atoms with Crippen molar-refractivity contribution >= 4 is 17.3 Å². The van der Waals surface area contributed by atoms with Crippen LogP contribution in [-0.2, 0) is 0 Å². The van der Waals surface area contributed by atoms with Gasteiger partial charge in [-0.3, -0.25) is 20.0 Å². The molecule has 2 heterocycles. The van der Waals surface area contributed by atoms with Crippen LogP contribution in [0.3, 0.4) is 0 Å². The summed E-state index contributed by atoms with van der Waals surface area (Å²) < 4.78 is 5.47. The van der Waals surface area contributed by atoms with Crippen molar-refractivity contribution in [1.82, 2.24) is 20.2 Å². The number of amides is 1. The second-order valence-corrected chi connectivity index (χ2v) is 4.92. The van der Waals surface area contributed by atoms with E-state index < -0.39 is 10.8 Å². The van der Waals surface area contributed by atoms with Gasteiger partial charge < -0.3 is 10.1 Å². The second kappa shape index (κ2) is 6.74. The van der Waals surface area contributed by atoms with Crippen molar-refractivity contribution in [3.8, 4) is 11.8 Å². The lowest BCUT2D eigenvalue weighted by Gasteiger charge is -2.06. The number of aromatic amines is 1. The summed E-state index contributed by atoms with van der Waals surface area (Å²) in [5.41, 5.74) is -0.0651. The van der Waals surface area contributed by atoms with E-state index in [-0.39, 0.29) is 23.1 Å². The highest BCUT2D eigenvalue weighted by atomic mass is 16.6. The first-order valence-electron chi connectivity index (χ1n) is 7.10. The summed E-state index contributed by atoms with van der Waals surface area (Å²) in [7, 11) is 0. The van der Waals surface area contributed by atoms with Gasteiger partial charge in [0.15, 0.2) is 0 Å². The quantitative estimate of drug-likeness (QED) is 0.537. The lowest BCUT2D eigenvalue weighted by atomic mass is 10.2. The van der Waals surface area contributed by atoms with Gasteiger partial charge in [-0.05, 0) is 25.1 Å². The molecule has 1 amide bonds. The van der Waals surface area contributed by atoms with Crippen LogP contribution in [0.5, 0.6) is 11.8 Å². The van der Waals surface area contributed by atoms with Gasteiger partial charge in [0, 0.05) is 24.1 Å². The monoisotopic (exact) mass is 340 g/mol. The maximum Gasteiger partial charge on any atom is 0.322 e. The number of hydrogen-bond donors (Lipinski definition) is 2. The summed E-state index contributed by atoms with van der Waals surface area (Å²) in [5, 5.41) is 19.7. The number of hydrogen-bond acceptors (Lipinski definition) is 7. The molecule has 0 saturated carbocycles. The van der Waals surface area contributed by atoms with Crippen LogP contribution in [0.25, 0.3) is 0 Å².